The lowest BCUT2D eigenvalue weighted by molar-refractivity contribution is 0.589. The predicted molar refractivity (Wildman–Crippen MR) is 109 cm³/mol. The lowest BCUT2D eigenvalue weighted by Gasteiger charge is -2.29. The molecule has 5 nitrogen and oxygen atoms in total. The molecular weight excluding hydrogens is 334 g/mol. The van der Waals surface area contributed by atoms with E-state index in [0.29, 0.717) is 5.92 Å². The molecule has 1 N–H and O–H groups in total. The molecule has 0 amide bonds. The van der Waals surface area contributed by atoms with E-state index in [1.807, 2.05) is 10.6 Å². The van der Waals surface area contributed by atoms with Gasteiger partial charge in [-0.1, -0.05) is 30.4 Å². The number of pyridine rings is 1. The number of rotatable bonds is 5. The molecule has 1 aliphatic heterocycles. The standard InChI is InChI=1S/C22H25N5/c1-16(17-5-6-17)15-21-24-22-4-2-3-20(27(22)25-21)18-7-9-19(10-8-18)26-13-11-23-12-14-26/h2-4,7-10,17,23H,1,5-6,11-15H2. The van der Waals surface area contributed by atoms with E-state index < -0.39 is 0 Å². The van der Waals surface area contributed by atoms with E-state index in [2.05, 4.69) is 53.2 Å². The van der Waals surface area contributed by atoms with Crippen molar-refractivity contribution >= 4 is 11.3 Å². The van der Waals surface area contributed by atoms with Crippen LogP contribution in [-0.2, 0) is 6.42 Å². The van der Waals surface area contributed by atoms with Crippen molar-refractivity contribution in [3.8, 4) is 11.3 Å². The molecule has 2 aromatic heterocycles. The highest BCUT2D eigenvalue weighted by atomic mass is 15.3. The fourth-order valence-electron chi connectivity index (χ4n) is 3.85. The summed E-state index contributed by atoms with van der Waals surface area (Å²) in [6.45, 7) is 8.44. The number of hydrogen-bond acceptors (Lipinski definition) is 4. The fourth-order valence-corrected chi connectivity index (χ4v) is 3.85. The van der Waals surface area contributed by atoms with Gasteiger partial charge in [-0.2, -0.15) is 5.10 Å². The Hall–Kier alpha value is -2.66. The topological polar surface area (TPSA) is 45.5 Å². The Labute approximate surface area is 159 Å². The van der Waals surface area contributed by atoms with Crippen molar-refractivity contribution in [3.63, 3.8) is 0 Å². The highest BCUT2D eigenvalue weighted by Crippen LogP contribution is 2.36. The maximum atomic E-state index is 4.78. The van der Waals surface area contributed by atoms with Crippen molar-refractivity contribution in [2.75, 3.05) is 31.1 Å². The van der Waals surface area contributed by atoms with Gasteiger partial charge in [-0.15, -0.1) is 0 Å². The Morgan fingerprint density at radius 2 is 1.85 bits per heavy atom. The number of fused-ring (bicyclic) bond motifs is 1. The molecule has 0 unspecified atom stereocenters. The third-order valence-electron chi connectivity index (χ3n) is 5.59. The second kappa shape index (κ2) is 6.82. The van der Waals surface area contributed by atoms with Crippen LogP contribution < -0.4 is 10.2 Å². The Bertz CT molecular complexity index is 962. The van der Waals surface area contributed by atoms with Crippen LogP contribution in [0.25, 0.3) is 16.9 Å². The Kier molecular flexibility index (Phi) is 4.17. The van der Waals surface area contributed by atoms with Crippen LogP contribution in [-0.4, -0.2) is 40.8 Å². The van der Waals surface area contributed by atoms with Crippen LogP contribution in [0.15, 0.2) is 54.6 Å². The third kappa shape index (κ3) is 3.35. The molecule has 1 saturated heterocycles. The molecule has 0 bridgehead atoms. The third-order valence-corrected chi connectivity index (χ3v) is 5.59. The molecule has 3 heterocycles. The molecule has 5 rings (SSSR count). The van der Waals surface area contributed by atoms with Gasteiger partial charge in [0.2, 0.25) is 0 Å². The SMILES string of the molecule is C=C(Cc1nc2cccc(-c3ccc(N4CCNCC4)cc3)n2n1)C1CC1. The molecule has 3 aromatic rings. The van der Waals surface area contributed by atoms with Gasteiger partial charge < -0.3 is 10.2 Å². The fraction of sp³-hybridized carbons (Fsp3) is 0.364. The first-order chi connectivity index (χ1) is 13.3. The summed E-state index contributed by atoms with van der Waals surface area (Å²) in [4.78, 5) is 7.14. The van der Waals surface area contributed by atoms with E-state index in [9.17, 15) is 0 Å². The van der Waals surface area contributed by atoms with Crippen molar-refractivity contribution < 1.29 is 0 Å². The molecule has 0 radical (unpaired) electrons. The van der Waals surface area contributed by atoms with Gasteiger partial charge in [0, 0.05) is 43.9 Å². The van der Waals surface area contributed by atoms with Gasteiger partial charge in [-0.05, 0) is 43.0 Å². The van der Waals surface area contributed by atoms with Crippen LogP contribution in [0.2, 0.25) is 0 Å². The number of nitrogens with one attached hydrogen (secondary N) is 1. The number of hydrogen-bond donors (Lipinski definition) is 1. The van der Waals surface area contributed by atoms with Gasteiger partial charge in [0.25, 0.3) is 0 Å². The molecule has 0 atom stereocenters. The summed E-state index contributed by atoms with van der Waals surface area (Å²) < 4.78 is 1.97. The van der Waals surface area contributed by atoms with Crippen LogP contribution in [0.3, 0.4) is 0 Å². The number of benzene rings is 1. The number of aromatic nitrogens is 3. The molecular formula is C22H25N5. The summed E-state index contributed by atoms with van der Waals surface area (Å²) >= 11 is 0. The highest BCUT2D eigenvalue weighted by molar-refractivity contribution is 5.66. The number of piperazine rings is 1. The highest BCUT2D eigenvalue weighted by Gasteiger charge is 2.25. The van der Waals surface area contributed by atoms with E-state index in [1.165, 1.54) is 24.1 Å². The van der Waals surface area contributed by atoms with E-state index in [0.717, 1.165) is 55.3 Å². The Morgan fingerprint density at radius 1 is 1.07 bits per heavy atom. The van der Waals surface area contributed by atoms with Crippen LogP contribution in [0.4, 0.5) is 5.69 Å². The largest absolute Gasteiger partial charge is 0.369 e. The normalized spacial score (nSPS) is 17.4. The predicted octanol–water partition coefficient (Wildman–Crippen LogP) is 3.31. The summed E-state index contributed by atoms with van der Waals surface area (Å²) in [5.41, 5.74) is 5.70. The van der Waals surface area contributed by atoms with Gasteiger partial charge in [-0.25, -0.2) is 9.50 Å². The van der Waals surface area contributed by atoms with Crippen molar-refractivity contribution in [2.45, 2.75) is 19.3 Å². The first-order valence-electron chi connectivity index (χ1n) is 9.86. The van der Waals surface area contributed by atoms with E-state index >= 15 is 0 Å². The minimum Gasteiger partial charge on any atom is -0.369 e. The average molecular weight is 359 g/mol. The van der Waals surface area contributed by atoms with Crippen LogP contribution in [0.1, 0.15) is 18.7 Å². The molecule has 138 valence electrons. The smallest absolute Gasteiger partial charge is 0.156 e. The maximum absolute atomic E-state index is 4.78. The minimum atomic E-state index is 0.689. The van der Waals surface area contributed by atoms with Gasteiger partial charge in [-0.3, -0.25) is 0 Å². The summed E-state index contributed by atoms with van der Waals surface area (Å²) in [5, 5.41) is 8.18. The monoisotopic (exact) mass is 359 g/mol. The molecule has 2 aliphatic rings. The molecule has 2 fully saturated rings. The van der Waals surface area contributed by atoms with Crippen LogP contribution in [0, 0.1) is 5.92 Å². The second-order valence-electron chi connectivity index (χ2n) is 7.60. The van der Waals surface area contributed by atoms with Crippen molar-refractivity contribution in [2.24, 2.45) is 5.92 Å². The Morgan fingerprint density at radius 3 is 2.59 bits per heavy atom. The molecule has 1 aliphatic carbocycles. The average Bonchev–Trinajstić information content (AvgIpc) is 3.49. The quantitative estimate of drug-likeness (QED) is 0.710. The van der Waals surface area contributed by atoms with E-state index in [-0.39, 0.29) is 0 Å². The molecule has 27 heavy (non-hydrogen) atoms. The molecule has 5 heteroatoms. The van der Waals surface area contributed by atoms with Gasteiger partial charge in [0.05, 0.1) is 5.69 Å². The zero-order chi connectivity index (χ0) is 18.2. The molecule has 1 aromatic carbocycles. The summed E-state index contributed by atoms with van der Waals surface area (Å²) in [7, 11) is 0. The zero-order valence-electron chi connectivity index (χ0n) is 15.6. The van der Waals surface area contributed by atoms with Gasteiger partial charge >= 0.3 is 0 Å². The second-order valence-corrected chi connectivity index (χ2v) is 7.60. The number of anilines is 1. The number of nitrogens with zero attached hydrogens (tertiary/aromatic N) is 4. The van der Waals surface area contributed by atoms with Crippen LogP contribution >= 0.6 is 0 Å². The van der Waals surface area contributed by atoms with E-state index in [4.69, 9.17) is 10.1 Å². The van der Waals surface area contributed by atoms with Gasteiger partial charge in [0.1, 0.15) is 0 Å². The maximum Gasteiger partial charge on any atom is 0.156 e. The van der Waals surface area contributed by atoms with E-state index in [1.54, 1.807) is 0 Å². The molecule has 1 saturated carbocycles. The minimum absolute atomic E-state index is 0.689. The zero-order valence-corrected chi connectivity index (χ0v) is 15.6. The summed E-state index contributed by atoms with van der Waals surface area (Å²) in [6.07, 6.45) is 3.33. The summed E-state index contributed by atoms with van der Waals surface area (Å²) in [5.74, 6) is 1.56. The van der Waals surface area contributed by atoms with Crippen molar-refractivity contribution in [1.82, 2.24) is 19.9 Å². The van der Waals surface area contributed by atoms with Crippen LogP contribution in [0.5, 0.6) is 0 Å². The number of allylic oxidation sites excluding steroid dienone is 1. The van der Waals surface area contributed by atoms with Gasteiger partial charge in [0.15, 0.2) is 11.5 Å². The first kappa shape index (κ1) is 16.5. The lowest BCUT2D eigenvalue weighted by Crippen LogP contribution is -2.43. The summed E-state index contributed by atoms with van der Waals surface area (Å²) in [6, 6.07) is 15.0. The lowest BCUT2D eigenvalue weighted by atomic mass is 10.1. The van der Waals surface area contributed by atoms with Crippen molar-refractivity contribution in [3.05, 3.63) is 60.4 Å². The Balaban J connectivity index is 1.43. The molecule has 0 spiro atoms. The first-order valence-corrected chi connectivity index (χ1v) is 9.86. The van der Waals surface area contributed by atoms with Crippen molar-refractivity contribution in [1.29, 1.82) is 0 Å².